The number of aromatic nitrogens is 1. The molecule has 0 unspecified atom stereocenters. The lowest BCUT2D eigenvalue weighted by atomic mass is 10.1. The van der Waals surface area contributed by atoms with E-state index in [1.165, 1.54) is 0 Å². The third-order valence-electron chi connectivity index (χ3n) is 3.91. The maximum atomic E-state index is 12.7. The molecule has 2 aromatic rings. The van der Waals surface area contributed by atoms with Gasteiger partial charge in [-0.3, -0.25) is 9.36 Å². The number of pyridine rings is 1. The van der Waals surface area contributed by atoms with Crippen LogP contribution in [0.5, 0.6) is 11.6 Å². The van der Waals surface area contributed by atoms with Crippen molar-refractivity contribution >= 4 is 11.4 Å². The van der Waals surface area contributed by atoms with Gasteiger partial charge in [0.05, 0.1) is 12.3 Å². The van der Waals surface area contributed by atoms with E-state index in [4.69, 9.17) is 9.47 Å². The van der Waals surface area contributed by atoms with Gasteiger partial charge in [-0.25, -0.2) is 0 Å². The molecule has 1 heterocycles. The van der Waals surface area contributed by atoms with Gasteiger partial charge in [-0.2, -0.15) is 10.4 Å². The predicted molar refractivity (Wildman–Crippen MR) is 100 cm³/mol. The third-order valence-corrected chi connectivity index (χ3v) is 3.91. The first kappa shape index (κ1) is 20.1. The van der Waals surface area contributed by atoms with E-state index in [9.17, 15) is 15.2 Å². The lowest BCUT2D eigenvalue weighted by molar-refractivity contribution is 0.188. The van der Waals surface area contributed by atoms with Crippen molar-refractivity contribution < 1.29 is 14.6 Å². The Kier molecular flexibility index (Phi) is 7.08. The zero-order valence-electron chi connectivity index (χ0n) is 15.6. The molecule has 142 valence electrons. The second kappa shape index (κ2) is 9.50. The van der Waals surface area contributed by atoms with Gasteiger partial charge < -0.3 is 14.6 Å². The summed E-state index contributed by atoms with van der Waals surface area (Å²) in [6, 6.07) is 8.86. The highest BCUT2D eigenvalue weighted by molar-refractivity contribution is 5.56. The van der Waals surface area contributed by atoms with Crippen molar-refractivity contribution in [2.45, 2.75) is 26.8 Å². The molecule has 0 saturated carbocycles. The number of methoxy groups -OCH3 is 1. The molecule has 0 atom stereocenters. The molecule has 0 aliphatic heterocycles. The fraction of sp³-hybridized carbons (Fsp3) is 0.368. The first-order valence-corrected chi connectivity index (χ1v) is 8.53. The fourth-order valence-corrected chi connectivity index (χ4v) is 2.51. The Morgan fingerprint density at radius 2 is 1.96 bits per heavy atom. The van der Waals surface area contributed by atoms with Crippen LogP contribution >= 0.6 is 0 Å². The summed E-state index contributed by atoms with van der Waals surface area (Å²) in [5.74, 6) is 0.348. The van der Waals surface area contributed by atoms with Crippen LogP contribution in [-0.2, 0) is 11.3 Å². The number of hydrogen-bond donors (Lipinski definition) is 1. The Hall–Kier alpha value is -3.18. The Morgan fingerprint density at radius 1 is 1.26 bits per heavy atom. The maximum absolute atomic E-state index is 12.7. The van der Waals surface area contributed by atoms with Crippen LogP contribution in [0.15, 0.2) is 39.3 Å². The zero-order chi connectivity index (χ0) is 19.8. The van der Waals surface area contributed by atoms with Gasteiger partial charge in [0, 0.05) is 25.8 Å². The van der Waals surface area contributed by atoms with Crippen molar-refractivity contribution in [1.82, 2.24) is 4.57 Å². The first-order chi connectivity index (χ1) is 13.0. The quantitative estimate of drug-likeness (QED) is 0.564. The number of nitriles is 1. The minimum absolute atomic E-state index is 0.00709. The Bertz CT molecular complexity index is 911. The second-order valence-electron chi connectivity index (χ2n) is 5.71. The molecule has 1 N–H and O–H groups in total. The van der Waals surface area contributed by atoms with Crippen molar-refractivity contribution in [2.75, 3.05) is 20.3 Å². The Balaban J connectivity index is 2.41. The molecular weight excluding hydrogens is 348 g/mol. The lowest BCUT2D eigenvalue weighted by Gasteiger charge is -2.12. The normalized spacial score (nSPS) is 10.9. The molecule has 0 amide bonds. The molecule has 0 radical (unpaired) electrons. The van der Waals surface area contributed by atoms with Crippen molar-refractivity contribution in [3.05, 3.63) is 45.7 Å². The molecule has 8 heteroatoms. The van der Waals surface area contributed by atoms with Crippen molar-refractivity contribution in [3.8, 4) is 17.7 Å². The average Bonchev–Trinajstić information content (AvgIpc) is 2.66. The Morgan fingerprint density at radius 3 is 2.56 bits per heavy atom. The summed E-state index contributed by atoms with van der Waals surface area (Å²) in [5, 5.41) is 27.7. The summed E-state index contributed by atoms with van der Waals surface area (Å²) in [6.45, 7) is 4.65. The molecule has 0 fully saturated rings. The number of rotatable bonds is 8. The SMILES string of the molecule is CCOc1ccc(N=Nc2c(C)c(C#N)c(O)n(CCCOC)c2=O)cc1. The first-order valence-electron chi connectivity index (χ1n) is 8.53. The summed E-state index contributed by atoms with van der Waals surface area (Å²) in [4.78, 5) is 12.7. The van der Waals surface area contributed by atoms with Gasteiger partial charge in [0.1, 0.15) is 17.4 Å². The number of azo groups is 1. The van der Waals surface area contributed by atoms with Crippen LogP contribution in [0.2, 0.25) is 0 Å². The van der Waals surface area contributed by atoms with Gasteiger partial charge in [0.2, 0.25) is 5.88 Å². The van der Waals surface area contributed by atoms with Gasteiger partial charge in [0.15, 0.2) is 5.69 Å². The van der Waals surface area contributed by atoms with Gasteiger partial charge in [-0.1, -0.05) is 0 Å². The largest absolute Gasteiger partial charge is 0.494 e. The molecule has 0 aliphatic rings. The zero-order valence-corrected chi connectivity index (χ0v) is 15.6. The minimum atomic E-state index is -0.505. The standard InChI is InChI=1S/C19H22N4O4/c1-4-27-15-8-6-14(7-9-15)21-22-17-13(2)16(12-20)18(24)23(19(17)25)10-5-11-26-3/h6-9,24H,4-5,10-11H2,1-3H3. The fourth-order valence-electron chi connectivity index (χ4n) is 2.51. The molecular formula is C19H22N4O4. The van der Waals surface area contributed by atoms with Crippen LogP contribution in [0.4, 0.5) is 11.4 Å². The van der Waals surface area contributed by atoms with E-state index < -0.39 is 5.56 Å². The second-order valence-corrected chi connectivity index (χ2v) is 5.71. The van der Waals surface area contributed by atoms with E-state index in [0.717, 1.165) is 4.57 Å². The van der Waals surface area contributed by atoms with E-state index in [1.807, 2.05) is 13.0 Å². The highest BCUT2D eigenvalue weighted by Gasteiger charge is 2.18. The third kappa shape index (κ3) is 4.71. The van der Waals surface area contributed by atoms with E-state index >= 15 is 0 Å². The van der Waals surface area contributed by atoms with E-state index in [1.54, 1.807) is 38.3 Å². The van der Waals surface area contributed by atoms with Crippen molar-refractivity contribution in [2.24, 2.45) is 10.2 Å². The smallest absolute Gasteiger partial charge is 0.281 e. The summed E-state index contributed by atoms with van der Waals surface area (Å²) < 4.78 is 11.5. The lowest BCUT2D eigenvalue weighted by Crippen LogP contribution is -2.22. The summed E-state index contributed by atoms with van der Waals surface area (Å²) in [7, 11) is 1.55. The highest BCUT2D eigenvalue weighted by Crippen LogP contribution is 2.27. The predicted octanol–water partition coefficient (Wildman–Crippen LogP) is 3.58. The molecule has 27 heavy (non-hydrogen) atoms. The molecule has 1 aromatic carbocycles. The number of hydrogen-bond acceptors (Lipinski definition) is 7. The number of benzene rings is 1. The van der Waals surface area contributed by atoms with Crippen LogP contribution in [0.25, 0.3) is 0 Å². The van der Waals surface area contributed by atoms with Crippen LogP contribution in [0.1, 0.15) is 24.5 Å². The van der Waals surface area contributed by atoms with E-state index in [-0.39, 0.29) is 29.2 Å². The number of aromatic hydroxyl groups is 1. The summed E-state index contributed by atoms with van der Waals surface area (Å²) in [6.07, 6.45) is 0.507. The summed E-state index contributed by atoms with van der Waals surface area (Å²) >= 11 is 0. The van der Waals surface area contributed by atoms with Crippen LogP contribution in [0, 0.1) is 18.3 Å². The number of ether oxygens (including phenoxy) is 2. The maximum Gasteiger partial charge on any atom is 0.281 e. The molecule has 8 nitrogen and oxygen atoms in total. The van der Waals surface area contributed by atoms with E-state index in [0.29, 0.717) is 31.1 Å². The molecule has 0 spiro atoms. The van der Waals surface area contributed by atoms with Gasteiger partial charge in [-0.05, 0) is 44.5 Å². The van der Waals surface area contributed by atoms with Crippen molar-refractivity contribution in [3.63, 3.8) is 0 Å². The highest BCUT2D eigenvalue weighted by atomic mass is 16.5. The minimum Gasteiger partial charge on any atom is -0.494 e. The van der Waals surface area contributed by atoms with Gasteiger partial charge >= 0.3 is 0 Å². The molecule has 1 aromatic heterocycles. The number of nitrogens with zero attached hydrogens (tertiary/aromatic N) is 4. The van der Waals surface area contributed by atoms with Crippen LogP contribution < -0.4 is 10.3 Å². The molecule has 0 aliphatic carbocycles. The molecule has 0 saturated heterocycles. The monoisotopic (exact) mass is 370 g/mol. The van der Waals surface area contributed by atoms with E-state index in [2.05, 4.69) is 10.2 Å². The summed E-state index contributed by atoms with van der Waals surface area (Å²) in [5.41, 5.74) is 0.352. The van der Waals surface area contributed by atoms with Crippen LogP contribution in [0.3, 0.4) is 0 Å². The molecule has 0 bridgehead atoms. The average molecular weight is 370 g/mol. The molecule has 2 rings (SSSR count). The van der Waals surface area contributed by atoms with Crippen LogP contribution in [-0.4, -0.2) is 30.0 Å². The topological polar surface area (TPSA) is 109 Å². The Labute approximate surface area is 157 Å². The van der Waals surface area contributed by atoms with Gasteiger partial charge in [0.25, 0.3) is 5.56 Å². The van der Waals surface area contributed by atoms with Crippen molar-refractivity contribution in [1.29, 1.82) is 5.26 Å². The van der Waals surface area contributed by atoms with Gasteiger partial charge in [-0.15, -0.1) is 5.11 Å².